The largest absolute Gasteiger partial charge is 0.373 e. The molecule has 2 saturated heterocycles. The van der Waals surface area contributed by atoms with Gasteiger partial charge in [0.2, 0.25) is 5.91 Å². The van der Waals surface area contributed by atoms with Crippen molar-refractivity contribution in [2.45, 2.75) is 25.5 Å². The minimum absolute atomic E-state index is 0.177. The highest BCUT2D eigenvalue weighted by atomic mass is 16.5. The third-order valence-corrected chi connectivity index (χ3v) is 4.41. The summed E-state index contributed by atoms with van der Waals surface area (Å²) in [6.07, 6.45) is 4.19. The summed E-state index contributed by atoms with van der Waals surface area (Å²) in [5.41, 5.74) is 2.14. The van der Waals surface area contributed by atoms with E-state index in [1.807, 2.05) is 24.1 Å². The number of fused-ring (bicyclic) bond motifs is 1. The first kappa shape index (κ1) is 13.5. The van der Waals surface area contributed by atoms with E-state index in [4.69, 9.17) is 4.74 Å². The maximum atomic E-state index is 12.4. The SMILES string of the molecule is Cc1cnccc1CC(=O)N1C[C@H]2OCCN(C)[C@H]2C1. The Labute approximate surface area is 119 Å². The molecule has 2 aliphatic heterocycles. The molecule has 1 aromatic rings. The van der Waals surface area contributed by atoms with Crippen molar-refractivity contribution in [1.82, 2.24) is 14.8 Å². The van der Waals surface area contributed by atoms with Crippen LogP contribution in [-0.2, 0) is 16.0 Å². The molecule has 2 aliphatic rings. The monoisotopic (exact) mass is 275 g/mol. The smallest absolute Gasteiger partial charge is 0.227 e. The number of ether oxygens (including phenoxy) is 1. The molecule has 3 heterocycles. The molecule has 0 N–H and O–H groups in total. The molecule has 108 valence electrons. The van der Waals surface area contributed by atoms with E-state index in [0.717, 1.165) is 37.4 Å². The fraction of sp³-hybridized carbons (Fsp3) is 0.600. The molecule has 0 unspecified atom stereocenters. The summed E-state index contributed by atoms with van der Waals surface area (Å²) < 4.78 is 5.78. The number of nitrogens with zero attached hydrogens (tertiary/aromatic N) is 3. The van der Waals surface area contributed by atoms with Crippen LogP contribution < -0.4 is 0 Å². The Morgan fingerprint density at radius 3 is 3.10 bits per heavy atom. The number of carbonyl (C=O) groups excluding carboxylic acids is 1. The highest BCUT2D eigenvalue weighted by molar-refractivity contribution is 5.79. The summed E-state index contributed by atoms with van der Waals surface area (Å²) in [5, 5.41) is 0. The molecule has 3 rings (SSSR count). The van der Waals surface area contributed by atoms with Crippen molar-refractivity contribution < 1.29 is 9.53 Å². The van der Waals surface area contributed by atoms with Crippen LogP contribution in [0, 0.1) is 6.92 Å². The van der Waals surface area contributed by atoms with Crippen LogP contribution in [0.15, 0.2) is 18.5 Å². The summed E-state index contributed by atoms with van der Waals surface area (Å²) in [6, 6.07) is 2.28. The quantitative estimate of drug-likeness (QED) is 0.787. The Balaban J connectivity index is 1.66. The topological polar surface area (TPSA) is 45.7 Å². The highest BCUT2D eigenvalue weighted by Gasteiger charge is 2.40. The van der Waals surface area contributed by atoms with Gasteiger partial charge in [-0.05, 0) is 31.2 Å². The lowest BCUT2D eigenvalue weighted by molar-refractivity contribution is -0.129. The van der Waals surface area contributed by atoms with Gasteiger partial charge < -0.3 is 9.64 Å². The van der Waals surface area contributed by atoms with Crippen LogP contribution in [-0.4, -0.2) is 66.1 Å². The number of carbonyl (C=O) groups is 1. The number of rotatable bonds is 2. The molecule has 0 saturated carbocycles. The summed E-state index contributed by atoms with van der Waals surface area (Å²) in [5.74, 6) is 0.186. The zero-order valence-corrected chi connectivity index (χ0v) is 12.1. The lowest BCUT2D eigenvalue weighted by Gasteiger charge is -2.33. The third-order valence-electron chi connectivity index (χ3n) is 4.41. The average molecular weight is 275 g/mol. The van der Waals surface area contributed by atoms with Crippen molar-refractivity contribution in [3.05, 3.63) is 29.6 Å². The van der Waals surface area contributed by atoms with Crippen LogP contribution in [0.5, 0.6) is 0 Å². The van der Waals surface area contributed by atoms with Crippen LogP contribution in [0.4, 0.5) is 0 Å². The van der Waals surface area contributed by atoms with E-state index in [2.05, 4.69) is 16.9 Å². The molecular formula is C15H21N3O2. The van der Waals surface area contributed by atoms with Gasteiger partial charge in [-0.15, -0.1) is 0 Å². The van der Waals surface area contributed by atoms with Gasteiger partial charge in [-0.2, -0.15) is 0 Å². The van der Waals surface area contributed by atoms with Gasteiger partial charge in [0.1, 0.15) is 0 Å². The lowest BCUT2D eigenvalue weighted by Crippen LogP contribution is -2.48. The number of morpholine rings is 1. The van der Waals surface area contributed by atoms with Gasteiger partial charge in [0.05, 0.1) is 25.2 Å². The lowest BCUT2D eigenvalue weighted by atomic mass is 10.1. The predicted octanol–water partition coefficient (Wildman–Crippen LogP) is 0.474. The van der Waals surface area contributed by atoms with Crippen molar-refractivity contribution in [2.24, 2.45) is 0 Å². The summed E-state index contributed by atoms with van der Waals surface area (Å²) in [7, 11) is 2.11. The van der Waals surface area contributed by atoms with E-state index in [9.17, 15) is 4.79 Å². The zero-order valence-electron chi connectivity index (χ0n) is 12.1. The molecule has 20 heavy (non-hydrogen) atoms. The van der Waals surface area contributed by atoms with E-state index in [-0.39, 0.29) is 12.0 Å². The Morgan fingerprint density at radius 1 is 1.50 bits per heavy atom. The van der Waals surface area contributed by atoms with Gasteiger partial charge in [0, 0.05) is 32.0 Å². The Kier molecular flexibility index (Phi) is 3.72. The molecular weight excluding hydrogens is 254 g/mol. The maximum Gasteiger partial charge on any atom is 0.227 e. The first-order chi connectivity index (χ1) is 9.65. The van der Waals surface area contributed by atoms with Gasteiger partial charge in [0.15, 0.2) is 0 Å². The maximum absolute atomic E-state index is 12.4. The standard InChI is InChI=1S/C15H21N3O2/c1-11-8-16-4-3-12(11)7-15(19)18-9-13-14(10-18)20-6-5-17(13)2/h3-4,8,13-14H,5-7,9-10H2,1-2H3/t13-,14+/m0/s1. The van der Waals surface area contributed by atoms with E-state index in [0.29, 0.717) is 12.5 Å². The number of likely N-dealkylation sites (N-methyl/N-ethyl adjacent to an activating group) is 1. The first-order valence-electron chi connectivity index (χ1n) is 7.14. The van der Waals surface area contributed by atoms with Crippen LogP contribution in [0.25, 0.3) is 0 Å². The molecule has 5 heteroatoms. The summed E-state index contributed by atoms with van der Waals surface area (Å²) in [4.78, 5) is 20.8. The molecule has 2 atom stereocenters. The minimum atomic E-state index is 0.177. The number of hydrogen-bond donors (Lipinski definition) is 0. The minimum Gasteiger partial charge on any atom is -0.373 e. The van der Waals surface area contributed by atoms with Crippen molar-refractivity contribution in [2.75, 3.05) is 33.3 Å². The average Bonchev–Trinajstić information content (AvgIpc) is 2.87. The molecule has 1 aromatic heterocycles. The fourth-order valence-electron chi connectivity index (χ4n) is 3.04. The molecule has 0 radical (unpaired) electrons. The van der Waals surface area contributed by atoms with Crippen molar-refractivity contribution >= 4 is 5.91 Å². The van der Waals surface area contributed by atoms with Gasteiger partial charge >= 0.3 is 0 Å². The Hall–Kier alpha value is -1.46. The molecule has 0 aromatic carbocycles. The molecule has 0 aliphatic carbocycles. The van der Waals surface area contributed by atoms with Crippen LogP contribution >= 0.6 is 0 Å². The van der Waals surface area contributed by atoms with Gasteiger partial charge in [0.25, 0.3) is 0 Å². The van der Waals surface area contributed by atoms with Crippen molar-refractivity contribution in [3.63, 3.8) is 0 Å². The molecule has 2 fully saturated rings. The molecule has 5 nitrogen and oxygen atoms in total. The highest BCUT2D eigenvalue weighted by Crippen LogP contribution is 2.22. The second kappa shape index (κ2) is 5.50. The Morgan fingerprint density at radius 2 is 2.35 bits per heavy atom. The van der Waals surface area contributed by atoms with E-state index < -0.39 is 0 Å². The normalized spacial score (nSPS) is 26.6. The van der Waals surface area contributed by atoms with Crippen LogP contribution in [0.3, 0.4) is 0 Å². The van der Waals surface area contributed by atoms with E-state index in [1.54, 1.807) is 6.20 Å². The predicted molar refractivity (Wildman–Crippen MR) is 75.4 cm³/mol. The second-order valence-corrected chi connectivity index (χ2v) is 5.73. The number of aromatic nitrogens is 1. The molecule has 0 spiro atoms. The van der Waals surface area contributed by atoms with E-state index in [1.165, 1.54) is 0 Å². The van der Waals surface area contributed by atoms with E-state index >= 15 is 0 Å². The third kappa shape index (κ3) is 2.55. The number of pyridine rings is 1. The van der Waals surface area contributed by atoms with Crippen LogP contribution in [0.1, 0.15) is 11.1 Å². The van der Waals surface area contributed by atoms with Crippen LogP contribution in [0.2, 0.25) is 0 Å². The number of hydrogen-bond acceptors (Lipinski definition) is 4. The zero-order chi connectivity index (χ0) is 14.1. The summed E-state index contributed by atoms with van der Waals surface area (Å²) in [6.45, 7) is 5.22. The Bertz CT molecular complexity index is 506. The fourth-order valence-corrected chi connectivity index (χ4v) is 3.04. The van der Waals surface area contributed by atoms with Crippen molar-refractivity contribution in [3.8, 4) is 0 Å². The van der Waals surface area contributed by atoms with Gasteiger partial charge in [-0.25, -0.2) is 0 Å². The van der Waals surface area contributed by atoms with Gasteiger partial charge in [-0.1, -0.05) is 0 Å². The van der Waals surface area contributed by atoms with Crippen molar-refractivity contribution in [1.29, 1.82) is 0 Å². The second-order valence-electron chi connectivity index (χ2n) is 5.73. The summed E-state index contributed by atoms with van der Waals surface area (Å²) >= 11 is 0. The molecule has 1 amide bonds. The number of aryl methyl sites for hydroxylation is 1. The first-order valence-corrected chi connectivity index (χ1v) is 7.14. The number of amides is 1. The van der Waals surface area contributed by atoms with Gasteiger partial charge in [-0.3, -0.25) is 14.7 Å². The molecule has 0 bridgehead atoms. The number of likely N-dealkylation sites (tertiary alicyclic amines) is 1.